The van der Waals surface area contributed by atoms with Crippen molar-refractivity contribution in [1.29, 1.82) is 0 Å². The molecule has 0 saturated carbocycles. The van der Waals surface area contributed by atoms with Crippen molar-refractivity contribution in [2.75, 3.05) is 17.0 Å². The molecule has 5 nitrogen and oxygen atoms in total. The molecule has 3 rings (SSSR count). The number of benzene rings is 3. The third-order valence-corrected chi connectivity index (χ3v) is 6.39. The summed E-state index contributed by atoms with van der Waals surface area (Å²) >= 11 is 0. The average Bonchev–Trinajstić information content (AvgIpc) is 2.78. The predicted molar refractivity (Wildman–Crippen MR) is 121 cm³/mol. The number of carbonyl (C=O) groups excluding carboxylic acids is 1. The number of amides is 1. The van der Waals surface area contributed by atoms with Crippen LogP contribution in [-0.4, -0.2) is 26.6 Å². The van der Waals surface area contributed by atoms with Gasteiger partial charge >= 0.3 is 0 Å². The molecule has 0 fully saturated rings. The third-order valence-electron chi connectivity index (χ3n) is 5.11. The molecule has 0 atom stereocenters. The van der Waals surface area contributed by atoms with E-state index in [-0.39, 0.29) is 18.1 Å². The second-order valence-corrected chi connectivity index (χ2v) is 9.22. The molecule has 0 saturated heterocycles. The van der Waals surface area contributed by atoms with E-state index in [1.807, 2.05) is 66.7 Å². The standard InChI is InChI=1S/C24H26N2O3S/c1-24(20-11-5-2-6-12-20,21-13-7-3-8-14-21)19-25-23(27)17-18-30(28,29)26-22-15-9-4-10-16-22/h2-16,26H,17-19H2,1H3,(H,25,27). The van der Waals surface area contributed by atoms with Crippen molar-refractivity contribution in [3.05, 3.63) is 102 Å². The number of nitrogens with one attached hydrogen (secondary N) is 2. The Morgan fingerprint density at radius 3 is 1.77 bits per heavy atom. The molecule has 156 valence electrons. The van der Waals surface area contributed by atoms with Crippen LogP contribution in [0, 0.1) is 0 Å². The number of carbonyl (C=O) groups is 1. The minimum Gasteiger partial charge on any atom is -0.355 e. The number of sulfonamides is 1. The van der Waals surface area contributed by atoms with Gasteiger partial charge in [0.2, 0.25) is 15.9 Å². The van der Waals surface area contributed by atoms with Crippen molar-refractivity contribution in [1.82, 2.24) is 5.32 Å². The fourth-order valence-electron chi connectivity index (χ4n) is 3.31. The smallest absolute Gasteiger partial charge is 0.233 e. The molecule has 0 aromatic heterocycles. The van der Waals surface area contributed by atoms with Crippen molar-refractivity contribution in [3.63, 3.8) is 0 Å². The monoisotopic (exact) mass is 422 g/mol. The zero-order chi connectivity index (χ0) is 21.5. The van der Waals surface area contributed by atoms with E-state index in [2.05, 4.69) is 17.0 Å². The van der Waals surface area contributed by atoms with E-state index in [0.717, 1.165) is 11.1 Å². The zero-order valence-corrected chi connectivity index (χ0v) is 17.7. The van der Waals surface area contributed by atoms with Gasteiger partial charge in [0.25, 0.3) is 0 Å². The molecule has 0 unspecified atom stereocenters. The minimum absolute atomic E-state index is 0.109. The SMILES string of the molecule is CC(CNC(=O)CCS(=O)(=O)Nc1ccccc1)(c1ccccc1)c1ccccc1. The summed E-state index contributed by atoms with van der Waals surface area (Å²) in [5, 5.41) is 2.93. The van der Waals surface area contributed by atoms with E-state index in [1.165, 1.54) is 0 Å². The van der Waals surface area contributed by atoms with Crippen LogP contribution in [0.25, 0.3) is 0 Å². The van der Waals surface area contributed by atoms with Gasteiger partial charge in [-0.2, -0.15) is 0 Å². The minimum atomic E-state index is -3.60. The zero-order valence-electron chi connectivity index (χ0n) is 16.9. The summed E-state index contributed by atoms with van der Waals surface area (Å²) in [5.74, 6) is -0.576. The molecule has 0 aliphatic heterocycles. The Balaban J connectivity index is 1.64. The fourth-order valence-corrected chi connectivity index (χ4v) is 4.36. The molecule has 0 spiro atoms. The summed E-state index contributed by atoms with van der Waals surface area (Å²) in [5.41, 5.74) is 2.21. The first-order valence-corrected chi connectivity index (χ1v) is 11.5. The second kappa shape index (κ2) is 9.59. The maximum absolute atomic E-state index is 12.4. The van der Waals surface area contributed by atoms with E-state index < -0.39 is 15.4 Å². The quantitative estimate of drug-likeness (QED) is 0.548. The maximum atomic E-state index is 12.4. The molecule has 0 bridgehead atoms. The van der Waals surface area contributed by atoms with Gasteiger partial charge in [0, 0.05) is 24.1 Å². The van der Waals surface area contributed by atoms with E-state index >= 15 is 0 Å². The van der Waals surface area contributed by atoms with Gasteiger partial charge in [-0.3, -0.25) is 9.52 Å². The number of hydrogen-bond donors (Lipinski definition) is 2. The lowest BCUT2D eigenvalue weighted by Crippen LogP contribution is -2.40. The molecule has 0 radical (unpaired) electrons. The Kier molecular flexibility index (Phi) is 6.90. The van der Waals surface area contributed by atoms with Gasteiger partial charge in [0.15, 0.2) is 0 Å². The second-order valence-electron chi connectivity index (χ2n) is 7.38. The van der Waals surface area contributed by atoms with Gasteiger partial charge in [0.05, 0.1) is 5.75 Å². The Morgan fingerprint density at radius 2 is 1.27 bits per heavy atom. The maximum Gasteiger partial charge on any atom is 0.233 e. The van der Waals surface area contributed by atoms with Gasteiger partial charge in [-0.15, -0.1) is 0 Å². The van der Waals surface area contributed by atoms with E-state index in [1.54, 1.807) is 24.3 Å². The largest absolute Gasteiger partial charge is 0.355 e. The topological polar surface area (TPSA) is 75.3 Å². The molecule has 3 aromatic carbocycles. The summed E-state index contributed by atoms with van der Waals surface area (Å²) in [6.07, 6.45) is -0.109. The highest BCUT2D eigenvalue weighted by Gasteiger charge is 2.29. The van der Waals surface area contributed by atoms with Crippen molar-refractivity contribution >= 4 is 21.6 Å². The van der Waals surface area contributed by atoms with Crippen LogP contribution in [0.5, 0.6) is 0 Å². The number of hydrogen-bond acceptors (Lipinski definition) is 3. The highest BCUT2D eigenvalue weighted by molar-refractivity contribution is 7.92. The number of para-hydroxylation sites is 1. The summed E-state index contributed by atoms with van der Waals surface area (Å²) in [7, 11) is -3.60. The fraction of sp³-hybridized carbons (Fsp3) is 0.208. The summed E-state index contributed by atoms with van der Waals surface area (Å²) in [6.45, 7) is 2.44. The Hall–Kier alpha value is -3.12. The lowest BCUT2D eigenvalue weighted by atomic mass is 9.76. The molecule has 1 amide bonds. The Labute approximate surface area is 178 Å². The van der Waals surface area contributed by atoms with Crippen LogP contribution in [0.15, 0.2) is 91.0 Å². The van der Waals surface area contributed by atoms with Crippen molar-refractivity contribution in [2.24, 2.45) is 0 Å². The van der Waals surface area contributed by atoms with Crippen LogP contribution in [0.4, 0.5) is 5.69 Å². The van der Waals surface area contributed by atoms with Crippen molar-refractivity contribution in [2.45, 2.75) is 18.8 Å². The highest BCUT2D eigenvalue weighted by Crippen LogP contribution is 2.31. The van der Waals surface area contributed by atoms with E-state index in [4.69, 9.17) is 0 Å². The van der Waals surface area contributed by atoms with Crippen molar-refractivity contribution in [3.8, 4) is 0 Å². The first-order valence-electron chi connectivity index (χ1n) is 9.82. The molecule has 6 heteroatoms. The molecule has 30 heavy (non-hydrogen) atoms. The Morgan fingerprint density at radius 1 is 0.800 bits per heavy atom. The lowest BCUT2D eigenvalue weighted by Gasteiger charge is -2.31. The molecule has 2 N–H and O–H groups in total. The van der Waals surface area contributed by atoms with E-state index in [9.17, 15) is 13.2 Å². The predicted octanol–water partition coefficient (Wildman–Crippen LogP) is 3.94. The summed E-state index contributed by atoms with van der Waals surface area (Å²) < 4.78 is 27.0. The molecule has 0 aliphatic carbocycles. The van der Waals surface area contributed by atoms with Crippen LogP contribution in [-0.2, 0) is 20.2 Å². The summed E-state index contributed by atoms with van der Waals surface area (Å²) in [6, 6.07) is 28.6. The van der Waals surface area contributed by atoms with E-state index in [0.29, 0.717) is 12.2 Å². The summed E-state index contributed by atoms with van der Waals surface area (Å²) in [4.78, 5) is 12.4. The van der Waals surface area contributed by atoms with Gasteiger partial charge in [-0.05, 0) is 30.2 Å². The molecular formula is C24H26N2O3S. The molecule has 0 heterocycles. The van der Waals surface area contributed by atoms with Crippen LogP contribution < -0.4 is 10.0 Å². The molecular weight excluding hydrogens is 396 g/mol. The van der Waals surface area contributed by atoms with Crippen LogP contribution in [0.1, 0.15) is 24.5 Å². The Bertz CT molecular complexity index is 1010. The average molecular weight is 423 g/mol. The van der Waals surface area contributed by atoms with Gasteiger partial charge in [-0.1, -0.05) is 78.9 Å². The van der Waals surface area contributed by atoms with Crippen molar-refractivity contribution < 1.29 is 13.2 Å². The highest BCUT2D eigenvalue weighted by atomic mass is 32.2. The van der Waals surface area contributed by atoms with Gasteiger partial charge in [-0.25, -0.2) is 8.42 Å². The molecule has 0 aliphatic rings. The lowest BCUT2D eigenvalue weighted by molar-refractivity contribution is -0.120. The van der Waals surface area contributed by atoms with Crippen LogP contribution >= 0.6 is 0 Å². The number of anilines is 1. The third kappa shape index (κ3) is 5.70. The first-order chi connectivity index (χ1) is 14.4. The van der Waals surface area contributed by atoms with Gasteiger partial charge < -0.3 is 5.32 Å². The van der Waals surface area contributed by atoms with Gasteiger partial charge in [0.1, 0.15) is 0 Å². The number of rotatable bonds is 9. The normalized spacial score (nSPS) is 11.6. The van der Waals surface area contributed by atoms with Crippen LogP contribution in [0.2, 0.25) is 0 Å². The first kappa shape index (κ1) is 21.6. The molecule has 3 aromatic rings. The van der Waals surface area contributed by atoms with Crippen LogP contribution in [0.3, 0.4) is 0 Å².